The molecular weight excluding hydrogens is 374 g/mol. The molecule has 0 aliphatic rings. The number of ether oxygens (including phenoxy) is 2. The van der Waals surface area contributed by atoms with Gasteiger partial charge in [0.2, 0.25) is 0 Å². The Kier molecular flexibility index (Phi) is 8.68. The zero-order valence-corrected chi connectivity index (χ0v) is 17.6. The largest absolute Gasteiger partial charge is 0.465 e. The quantitative estimate of drug-likeness (QED) is 0.197. The lowest BCUT2D eigenvalue weighted by Crippen LogP contribution is -2.08. The maximum atomic E-state index is 12.2. The number of carbonyl (C=O) groups is 1. The summed E-state index contributed by atoms with van der Waals surface area (Å²) in [5.41, 5.74) is 1.19. The van der Waals surface area contributed by atoms with Crippen LogP contribution < -0.4 is 10.1 Å². The number of carbonyl (C=O) groups excluding carboxylic acids is 1. The second-order valence-corrected chi connectivity index (χ2v) is 7.15. The van der Waals surface area contributed by atoms with Crippen molar-refractivity contribution in [1.82, 2.24) is 4.90 Å². The van der Waals surface area contributed by atoms with Crippen molar-refractivity contribution in [2.75, 3.05) is 33.1 Å². The monoisotopic (exact) mass is 401 g/mol. The minimum Gasteiger partial charge on any atom is -0.465 e. The zero-order valence-electron chi connectivity index (χ0n) is 16.8. The molecule has 0 amide bonds. The van der Waals surface area contributed by atoms with Crippen molar-refractivity contribution in [3.63, 3.8) is 0 Å². The van der Waals surface area contributed by atoms with Crippen LogP contribution in [0, 0.1) is 0 Å². The minimum atomic E-state index is -0.400. The summed E-state index contributed by atoms with van der Waals surface area (Å²) >= 11 is 1.25. The van der Waals surface area contributed by atoms with Gasteiger partial charge in [-0.1, -0.05) is 31.5 Å². The lowest BCUT2D eigenvalue weighted by atomic mass is 10.1. The maximum Gasteiger partial charge on any atom is 0.337 e. The number of nitrogens with one attached hydrogen (secondary N) is 1. The van der Waals surface area contributed by atoms with Crippen LogP contribution in [0.3, 0.4) is 0 Å². The van der Waals surface area contributed by atoms with Gasteiger partial charge in [0.15, 0.2) is 5.75 Å². The summed E-state index contributed by atoms with van der Waals surface area (Å²) in [7, 11) is 5.17. The third kappa shape index (κ3) is 6.49. The summed E-state index contributed by atoms with van der Waals surface area (Å²) in [6.45, 7) is 2.91. The summed E-state index contributed by atoms with van der Waals surface area (Å²) < 4.78 is 15.4. The van der Waals surface area contributed by atoms with E-state index in [4.69, 9.17) is 9.47 Å². The van der Waals surface area contributed by atoms with Gasteiger partial charge in [-0.2, -0.15) is 0 Å². The topological polar surface area (TPSA) is 63.2 Å². The van der Waals surface area contributed by atoms with Crippen molar-refractivity contribution >= 4 is 29.9 Å². The van der Waals surface area contributed by atoms with Gasteiger partial charge in [-0.05, 0) is 30.7 Å². The Labute approximate surface area is 171 Å². The summed E-state index contributed by atoms with van der Waals surface area (Å²) in [5, 5.41) is 3.38. The van der Waals surface area contributed by atoms with Gasteiger partial charge in [-0.3, -0.25) is 0 Å². The first-order valence-electron chi connectivity index (χ1n) is 9.15. The van der Waals surface area contributed by atoms with Gasteiger partial charge in [-0.25, -0.2) is 9.19 Å². The summed E-state index contributed by atoms with van der Waals surface area (Å²) in [6.07, 6.45) is 3.77. The molecule has 0 saturated heterocycles. The molecule has 0 heterocycles. The number of hydrogen-bond donors (Lipinski definition) is 1. The molecule has 0 aromatic heterocycles. The molecule has 0 bridgehead atoms. The third-order valence-corrected chi connectivity index (χ3v) is 4.41. The first-order valence-corrected chi connectivity index (χ1v) is 9.92. The number of anilines is 1. The fraction of sp³-hybridized carbons (Fsp3) is 0.333. The molecule has 28 heavy (non-hydrogen) atoms. The zero-order chi connectivity index (χ0) is 20.4. The Morgan fingerprint density at radius 2 is 2.00 bits per heavy atom. The fourth-order valence-corrected chi connectivity index (χ4v) is 3.09. The molecule has 6 nitrogen and oxygen atoms in total. The number of unbranched alkanes of at least 4 members (excludes halogenated alkanes) is 1. The maximum absolute atomic E-state index is 12.2. The highest BCUT2D eigenvalue weighted by Gasteiger charge is 2.18. The van der Waals surface area contributed by atoms with E-state index in [1.54, 1.807) is 18.5 Å². The number of rotatable bonds is 10. The fourth-order valence-electron chi connectivity index (χ4n) is 2.32. The van der Waals surface area contributed by atoms with Gasteiger partial charge >= 0.3 is 5.97 Å². The Bertz CT molecular complexity index is 795. The number of esters is 1. The van der Waals surface area contributed by atoms with E-state index < -0.39 is 5.97 Å². The van der Waals surface area contributed by atoms with Gasteiger partial charge in [0.1, 0.15) is 5.75 Å². The predicted molar refractivity (Wildman–Crippen MR) is 116 cm³/mol. The Hall–Kier alpha value is -2.67. The van der Waals surface area contributed by atoms with Crippen LogP contribution in [0.25, 0.3) is 0 Å². The minimum absolute atomic E-state index is 0.400. The Balaban J connectivity index is 2.48. The van der Waals surface area contributed by atoms with Crippen molar-refractivity contribution in [2.45, 2.75) is 24.7 Å². The van der Waals surface area contributed by atoms with Gasteiger partial charge in [0, 0.05) is 32.6 Å². The number of benzene rings is 2. The number of methoxy groups -OCH3 is 1. The van der Waals surface area contributed by atoms with Crippen LogP contribution in [0.15, 0.2) is 51.8 Å². The van der Waals surface area contributed by atoms with E-state index in [1.807, 2.05) is 49.3 Å². The molecule has 1 N–H and O–H groups in total. The van der Waals surface area contributed by atoms with Crippen LogP contribution in [-0.4, -0.2) is 45.0 Å². The first-order chi connectivity index (χ1) is 13.5. The van der Waals surface area contributed by atoms with Crippen molar-refractivity contribution < 1.29 is 14.3 Å². The molecular formula is C21H27N3O3S. The predicted octanol–water partition coefficient (Wildman–Crippen LogP) is 5.07. The summed E-state index contributed by atoms with van der Waals surface area (Å²) in [6, 6.07) is 13.1. The average molecular weight is 402 g/mol. The van der Waals surface area contributed by atoms with Crippen molar-refractivity contribution in [2.24, 2.45) is 4.40 Å². The van der Waals surface area contributed by atoms with Crippen LogP contribution in [-0.2, 0) is 4.74 Å². The highest BCUT2D eigenvalue weighted by molar-refractivity contribution is 7.98. The summed E-state index contributed by atoms with van der Waals surface area (Å²) in [4.78, 5) is 14.7. The van der Waals surface area contributed by atoms with Gasteiger partial charge in [0.25, 0.3) is 0 Å². The Morgan fingerprint density at radius 3 is 2.64 bits per heavy atom. The molecule has 0 saturated carbocycles. The van der Waals surface area contributed by atoms with Crippen LogP contribution >= 0.6 is 11.9 Å². The van der Waals surface area contributed by atoms with Gasteiger partial charge < -0.3 is 19.7 Å². The molecule has 0 fully saturated rings. The van der Waals surface area contributed by atoms with Gasteiger partial charge in [-0.15, -0.1) is 0 Å². The van der Waals surface area contributed by atoms with E-state index in [0.29, 0.717) is 17.1 Å². The molecule has 0 aliphatic carbocycles. The van der Waals surface area contributed by atoms with Gasteiger partial charge in [0.05, 0.1) is 29.6 Å². The lowest BCUT2D eigenvalue weighted by molar-refractivity contribution is 0.0600. The second-order valence-electron chi connectivity index (χ2n) is 6.31. The smallest absolute Gasteiger partial charge is 0.337 e. The SMILES string of the molecule is CCCCNc1cc(C(=O)OC)cc(S/N=C\N(C)C)c1Oc1ccccc1. The molecule has 0 atom stereocenters. The second kappa shape index (κ2) is 11.2. The van der Waals surface area contributed by atoms with E-state index in [0.717, 1.165) is 30.0 Å². The molecule has 150 valence electrons. The molecule has 0 radical (unpaired) electrons. The number of para-hydroxylation sites is 1. The van der Waals surface area contributed by atoms with E-state index in [9.17, 15) is 4.79 Å². The molecule has 2 aromatic carbocycles. The number of hydrogen-bond acceptors (Lipinski definition) is 6. The third-order valence-electron chi connectivity index (χ3n) is 3.71. The highest BCUT2D eigenvalue weighted by Crippen LogP contribution is 2.41. The molecule has 7 heteroatoms. The molecule has 2 aromatic rings. The van der Waals surface area contributed by atoms with E-state index in [2.05, 4.69) is 16.6 Å². The molecule has 0 spiro atoms. The van der Waals surface area contributed by atoms with Crippen molar-refractivity contribution in [1.29, 1.82) is 0 Å². The summed E-state index contributed by atoms with van der Waals surface area (Å²) in [5.74, 6) is 0.949. The van der Waals surface area contributed by atoms with Crippen molar-refractivity contribution in [3.05, 3.63) is 48.0 Å². The number of nitrogens with zero attached hydrogens (tertiary/aromatic N) is 2. The van der Waals surface area contributed by atoms with E-state index in [-0.39, 0.29) is 0 Å². The van der Waals surface area contributed by atoms with Crippen molar-refractivity contribution in [3.8, 4) is 11.5 Å². The highest BCUT2D eigenvalue weighted by atomic mass is 32.2. The van der Waals surface area contributed by atoms with E-state index in [1.165, 1.54) is 19.1 Å². The molecule has 0 aliphatic heterocycles. The Morgan fingerprint density at radius 1 is 1.25 bits per heavy atom. The van der Waals surface area contributed by atoms with E-state index >= 15 is 0 Å². The lowest BCUT2D eigenvalue weighted by Gasteiger charge is -2.17. The normalized spacial score (nSPS) is 10.7. The first kappa shape index (κ1) is 21.6. The van der Waals surface area contributed by atoms with Crippen LogP contribution in [0.4, 0.5) is 5.69 Å². The standard InChI is InChI=1S/C21H27N3O3S/c1-5-6-12-22-18-13-16(21(25)26-4)14-19(28-23-15-24(2)3)20(18)27-17-10-8-7-9-11-17/h7-11,13-15,22H,5-6,12H2,1-4H3/b23-15-. The molecule has 2 rings (SSSR count). The van der Waals surface area contributed by atoms with Crippen LogP contribution in [0.1, 0.15) is 30.1 Å². The van der Waals surface area contributed by atoms with Crippen LogP contribution in [0.2, 0.25) is 0 Å². The molecule has 0 unspecified atom stereocenters. The van der Waals surface area contributed by atoms with Crippen LogP contribution in [0.5, 0.6) is 11.5 Å². The average Bonchev–Trinajstić information content (AvgIpc) is 2.69.